The van der Waals surface area contributed by atoms with Crippen LogP contribution in [0.2, 0.25) is 0 Å². The number of hydrogen-bond acceptors (Lipinski definition) is 4. The Labute approximate surface area is 168 Å². The fourth-order valence-electron chi connectivity index (χ4n) is 3.18. The number of carbonyl (C=O) groups is 1. The summed E-state index contributed by atoms with van der Waals surface area (Å²) in [5, 5.41) is 2.84. The van der Waals surface area contributed by atoms with Crippen molar-refractivity contribution in [1.29, 1.82) is 0 Å². The van der Waals surface area contributed by atoms with E-state index in [9.17, 15) is 13.2 Å². The summed E-state index contributed by atoms with van der Waals surface area (Å²) >= 11 is 0. The summed E-state index contributed by atoms with van der Waals surface area (Å²) in [6.45, 7) is 0. The van der Waals surface area contributed by atoms with Crippen LogP contribution in [0.25, 0.3) is 16.7 Å². The molecule has 0 radical (unpaired) electrons. The van der Waals surface area contributed by atoms with Crippen molar-refractivity contribution in [3.63, 3.8) is 0 Å². The molecule has 3 aromatic carbocycles. The number of anilines is 1. The average molecular weight is 405 g/mol. The molecule has 0 saturated carbocycles. The highest BCUT2D eigenvalue weighted by molar-refractivity contribution is 7.89. The Balaban J connectivity index is 1.52. The van der Waals surface area contributed by atoms with Gasteiger partial charge in [0.15, 0.2) is 9.84 Å². The van der Waals surface area contributed by atoms with E-state index in [1.54, 1.807) is 30.6 Å². The van der Waals surface area contributed by atoms with Crippen LogP contribution in [-0.4, -0.2) is 30.1 Å². The number of para-hydroxylation sites is 2. The summed E-state index contributed by atoms with van der Waals surface area (Å²) in [5.74, 6) is -0.386. The average Bonchev–Trinajstić information content (AvgIpc) is 3.12. The molecule has 0 unspecified atom stereocenters. The van der Waals surface area contributed by atoms with E-state index in [4.69, 9.17) is 0 Å². The second kappa shape index (κ2) is 7.52. The lowest BCUT2D eigenvalue weighted by Crippen LogP contribution is -2.12. The molecule has 4 rings (SSSR count). The number of nitrogens with zero attached hydrogens (tertiary/aromatic N) is 2. The fraction of sp³-hybridized carbons (Fsp3) is 0.0909. The standard InChI is InChI=1S/C22H19N3O3S/c1-29(27,28)14-16-5-4-6-17(13-16)22(26)24-18-9-11-19(12-10-18)25-15-23-20-7-2-3-8-21(20)25/h2-13,15H,14H2,1H3,(H,24,26). The quantitative estimate of drug-likeness (QED) is 0.547. The maximum atomic E-state index is 12.5. The molecule has 0 atom stereocenters. The Morgan fingerprint density at radius 1 is 1.00 bits per heavy atom. The van der Waals surface area contributed by atoms with E-state index in [0.29, 0.717) is 16.8 Å². The number of carbonyl (C=O) groups excluding carboxylic acids is 1. The minimum Gasteiger partial charge on any atom is -0.322 e. The third-order valence-electron chi connectivity index (χ3n) is 4.47. The van der Waals surface area contributed by atoms with Crippen molar-refractivity contribution in [3.05, 3.63) is 90.3 Å². The minimum absolute atomic E-state index is 0.0956. The second-order valence-electron chi connectivity index (χ2n) is 6.87. The van der Waals surface area contributed by atoms with Gasteiger partial charge in [0.1, 0.15) is 6.33 Å². The lowest BCUT2D eigenvalue weighted by molar-refractivity contribution is 0.102. The van der Waals surface area contributed by atoms with Crippen LogP contribution in [0.15, 0.2) is 79.1 Å². The maximum absolute atomic E-state index is 12.5. The molecule has 146 valence electrons. The number of sulfone groups is 1. The van der Waals surface area contributed by atoms with Crippen LogP contribution in [0, 0.1) is 0 Å². The normalized spacial score (nSPS) is 11.5. The third-order valence-corrected chi connectivity index (χ3v) is 5.33. The Morgan fingerprint density at radius 3 is 2.52 bits per heavy atom. The largest absolute Gasteiger partial charge is 0.322 e. The molecule has 0 saturated heterocycles. The van der Waals surface area contributed by atoms with Gasteiger partial charge in [0.05, 0.1) is 16.8 Å². The summed E-state index contributed by atoms with van der Waals surface area (Å²) in [6, 6.07) is 22.0. The van der Waals surface area contributed by atoms with Crippen LogP contribution in [-0.2, 0) is 15.6 Å². The van der Waals surface area contributed by atoms with Gasteiger partial charge in [-0.1, -0.05) is 24.3 Å². The zero-order valence-corrected chi connectivity index (χ0v) is 16.6. The first-order valence-electron chi connectivity index (χ1n) is 9.00. The van der Waals surface area contributed by atoms with Crippen molar-refractivity contribution < 1.29 is 13.2 Å². The number of amides is 1. The SMILES string of the molecule is CS(=O)(=O)Cc1cccc(C(=O)Nc2ccc(-n3cnc4ccccc43)cc2)c1. The van der Waals surface area contributed by atoms with Gasteiger partial charge >= 0.3 is 0 Å². The molecule has 1 amide bonds. The number of fused-ring (bicyclic) bond motifs is 1. The molecule has 29 heavy (non-hydrogen) atoms. The smallest absolute Gasteiger partial charge is 0.255 e. The topological polar surface area (TPSA) is 81.1 Å². The third kappa shape index (κ3) is 4.35. The Hall–Kier alpha value is -3.45. The van der Waals surface area contributed by atoms with E-state index >= 15 is 0 Å². The summed E-state index contributed by atoms with van der Waals surface area (Å²) < 4.78 is 24.9. The molecule has 1 heterocycles. The molecular formula is C22H19N3O3S. The molecule has 1 aromatic heterocycles. The van der Waals surface area contributed by atoms with Crippen LogP contribution in [0.3, 0.4) is 0 Å². The van der Waals surface area contributed by atoms with Gasteiger partial charge < -0.3 is 5.32 Å². The highest BCUT2D eigenvalue weighted by atomic mass is 32.2. The van der Waals surface area contributed by atoms with Crippen molar-refractivity contribution >= 4 is 32.5 Å². The molecule has 7 heteroatoms. The Bertz CT molecular complexity index is 1290. The Kier molecular flexibility index (Phi) is 4.90. The molecule has 6 nitrogen and oxygen atoms in total. The van der Waals surface area contributed by atoms with E-state index in [1.807, 2.05) is 53.1 Å². The van der Waals surface area contributed by atoms with Gasteiger partial charge in [0.2, 0.25) is 0 Å². The van der Waals surface area contributed by atoms with Crippen molar-refractivity contribution in [3.8, 4) is 5.69 Å². The van der Waals surface area contributed by atoms with Gasteiger partial charge in [-0.2, -0.15) is 0 Å². The van der Waals surface area contributed by atoms with Crippen LogP contribution < -0.4 is 5.32 Å². The molecule has 0 aliphatic rings. The number of rotatable bonds is 5. The number of aromatic nitrogens is 2. The minimum atomic E-state index is -3.16. The lowest BCUT2D eigenvalue weighted by atomic mass is 10.1. The van der Waals surface area contributed by atoms with Gasteiger partial charge in [0.25, 0.3) is 5.91 Å². The first-order valence-corrected chi connectivity index (χ1v) is 11.1. The fourth-order valence-corrected chi connectivity index (χ4v) is 3.96. The van der Waals surface area contributed by atoms with Crippen LogP contribution in [0.5, 0.6) is 0 Å². The number of benzene rings is 3. The zero-order chi connectivity index (χ0) is 20.4. The van der Waals surface area contributed by atoms with E-state index in [-0.39, 0.29) is 11.7 Å². The summed E-state index contributed by atoms with van der Waals surface area (Å²) in [7, 11) is -3.16. The number of hydrogen-bond donors (Lipinski definition) is 1. The Morgan fingerprint density at radius 2 is 1.76 bits per heavy atom. The second-order valence-corrected chi connectivity index (χ2v) is 9.01. The summed E-state index contributed by atoms with van der Waals surface area (Å²) in [6.07, 6.45) is 2.94. The molecule has 0 spiro atoms. The van der Waals surface area contributed by atoms with E-state index in [1.165, 1.54) is 6.26 Å². The first-order chi connectivity index (χ1) is 13.9. The molecule has 1 N–H and O–H groups in total. The van der Waals surface area contributed by atoms with Crippen molar-refractivity contribution in [1.82, 2.24) is 9.55 Å². The zero-order valence-electron chi connectivity index (χ0n) is 15.7. The van der Waals surface area contributed by atoms with Gasteiger partial charge in [0, 0.05) is 23.2 Å². The van der Waals surface area contributed by atoms with Gasteiger partial charge in [-0.25, -0.2) is 13.4 Å². The highest BCUT2D eigenvalue weighted by Gasteiger charge is 2.10. The van der Waals surface area contributed by atoms with Gasteiger partial charge in [-0.15, -0.1) is 0 Å². The number of imidazole rings is 1. The molecular weight excluding hydrogens is 386 g/mol. The highest BCUT2D eigenvalue weighted by Crippen LogP contribution is 2.20. The summed E-state index contributed by atoms with van der Waals surface area (Å²) in [4.78, 5) is 16.9. The molecule has 0 bridgehead atoms. The predicted molar refractivity (Wildman–Crippen MR) is 114 cm³/mol. The van der Waals surface area contributed by atoms with Crippen LogP contribution in [0.1, 0.15) is 15.9 Å². The van der Waals surface area contributed by atoms with Crippen molar-refractivity contribution in [2.45, 2.75) is 5.75 Å². The molecule has 4 aromatic rings. The molecule has 0 aliphatic heterocycles. The molecule has 0 fully saturated rings. The number of nitrogens with one attached hydrogen (secondary N) is 1. The maximum Gasteiger partial charge on any atom is 0.255 e. The molecule has 0 aliphatic carbocycles. The summed E-state index contributed by atoms with van der Waals surface area (Å²) in [5.41, 5.74) is 4.51. The van der Waals surface area contributed by atoms with E-state index < -0.39 is 9.84 Å². The monoisotopic (exact) mass is 405 g/mol. The van der Waals surface area contributed by atoms with E-state index in [0.717, 1.165) is 16.7 Å². The lowest BCUT2D eigenvalue weighted by Gasteiger charge is -2.09. The van der Waals surface area contributed by atoms with Gasteiger partial charge in [-0.3, -0.25) is 9.36 Å². The van der Waals surface area contributed by atoms with Crippen molar-refractivity contribution in [2.24, 2.45) is 0 Å². The van der Waals surface area contributed by atoms with Crippen LogP contribution in [0.4, 0.5) is 5.69 Å². The van der Waals surface area contributed by atoms with Gasteiger partial charge in [-0.05, 0) is 54.1 Å². The predicted octanol–water partition coefficient (Wildman–Crippen LogP) is 3.82. The van der Waals surface area contributed by atoms with Crippen LogP contribution >= 0.6 is 0 Å². The first kappa shape index (κ1) is 18.9. The van der Waals surface area contributed by atoms with Crippen molar-refractivity contribution in [2.75, 3.05) is 11.6 Å². The van der Waals surface area contributed by atoms with E-state index in [2.05, 4.69) is 10.3 Å².